The summed E-state index contributed by atoms with van der Waals surface area (Å²) in [6, 6.07) is 0. The number of nitrogens with zero attached hydrogens (tertiary/aromatic N) is 3. The molecule has 2 fully saturated rings. The van der Waals surface area contributed by atoms with Crippen LogP contribution in [0.3, 0.4) is 0 Å². The summed E-state index contributed by atoms with van der Waals surface area (Å²) in [7, 11) is 0. The fourth-order valence-corrected chi connectivity index (χ4v) is 3.80. The number of likely N-dealkylation sites (tertiary alicyclic amines) is 1. The van der Waals surface area contributed by atoms with Crippen molar-refractivity contribution in [2.24, 2.45) is 10.9 Å². The molecule has 3 N–H and O–H groups in total. The van der Waals surface area contributed by atoms with Gasteiger partial charge in [0.05, 0.1) is 25.4 Å². The number of guanidine groups is 1. The fourth-order valence-electron chi connectivity index (χ4n) is 3.80. The Labute approximate surface area is 165 Å². The SMILES string of the molecule is CCNC(=NCC(C)(O)CN1CCOCC1)NCC(C)CN1CCCCC1. The quantitative estimate of drug-likeness (QED) is 0.403. The first-order valence-corrected chi connectivity index (χ1v) is 10.8. The summed E-state index contributed by atoms with van der Waals surface area (Å²) < 4.78 is 5.38. The van der Waals surface area contributed by atoms with E-state index in [0.717, 1.165) is 51.9 Å². The van der Waals surface area contributed by atoms with Crippen LogP contribution in [0, 0.1) is 5.92 Å². The first kappa shape index (κ1) is 22.4. The molecule has 0 amide bonds. The minimum atomic E-state index is -0.834. The number of nitrogens with one attached hydrogen (secondary N) is 2. The van der Waals surface area contributed by atoms with E-state index in [9.17, 15) is 5.11 Å². The van der Waals surface area contributed by atoms with Gasteiger partial charge < -0.3 is 25.4 Å². The largest absolute Gasteiger partial charge is 0.387 e. The van der Waals surface area contributed by atoms with Gasteiger partial charge in [0.2, 0.25) is 0 Å². The Balaban J connectivity index is 1.75. The Bertz CT molecular complexity index is 432. The Hall–Kier alpha value is -0.890. The number of rotatable bonds is 9. The van der Waals surface area contributed by atoms with Crippen LogP contribution in [0.15, 0.2) is 4.99 Å². The van der Waals surface area contributed by atoms with E-state index >= 15 is 0 Å². The fraction of sp³-hybridized carbons (Fsp3) is 0.950. The molecule has 0 aromatic carbocycles. The zero-order valence-corrected chi connectivity index (χ0v) is 17.7. The Kier molecular flexibility index (Phi) is 9.82. The van der Waals surface area contributed by atoms with Crippen molar-refractivity contribution in [3.05, 3.63) is 0 Å². The number of aliphatic imine (C=N–C) groups is 1. The summed E-state index contributed by atoms with van der Waals surface area (Å²) in [6.07, 6.45) is 4.05. The standard InChI is InChI=1S/C20H41N5O2/c1-4-21-19(22-14-18(2)15-24-8-6-5-7-9-24)23-16-20(3,26)17-25-10-12-27-13-11-25/h18,26H,4-17H2,1-3H3,(H2,21,22,23). The van der Waals surface area contributed by atoms with Crippen LogP contribution in [0.1, 0.15) is 40.0 Å². The lowest BCUT2D eigenvalue weighted by molar-refractivity contribution is -0.0180. The minimum Gasteiger partial charge on any atom is -0.387 e. The highest BCUT2D eigenvalue weighted by atomic mass is 16.5. The average molecular weight is 384 g/mol. The molecular weight excluding hydrogens is 342 g/mol. The van der Waals surface area contributed by atoms with Crippen LogP contribution in [0.25, 0.3) is 0 Å². The van der Waals surface area contributed by atoms with Crippen molar-refractivity contribution in [3.8, 4) is 0 Å². The molecule has 2 rings (SSSR count). The van der Waals surface area contributed by atoms with Gasteiger partial charge in [-0.25, -0.2) is 0 Å². The molecule has 2 aliphatic heterocycles. The van der Waals surface area contributed by atoms with Gasteiger partial charge in [-0.15, -0.1) is 0 Å². The number of aliphatic hydroxyl groups is 1. The summed E-state index contributed by atoms with van der Waals surface area (Å²) in [5.41, 5.74) is -0.834. The highest BCUT2D eigenvalue weighted by Gasteiger charge is 2.25. The number of β-amino-alcohol motifs (C(OH)–C–C–N with tert-alkyl or cyclic N) is 1. The third-order valence-corrected chi connectivity index (χ3v) is 5.23. The van der Waals surface area contributed by atoms with E-state index in [1.807, 2.05) is 6.92 Å². The van der Waals surface area contributed by atoms with E-state index in [2.05, 4.69) is 39.3 Å². The second-order valence-corrected chi connectivity index (χ2v) is 8.43. The molecule has 7 heteroatoms. The molecule has 2 heterocycles. The van der Waals surface area contributed by atoms with Gasteiger partial charge in [0, 0.05) is 39.3 Å². The van der Waals surface area contributed by atoms with Crippen LogP contribution in [0.4, 0.5) is 0 Å². The first-order chi connectivity index (χ1) is 13.0. The summed E-state index contributed by atoms with van der Waals surface area (Å²) in [6.45, 7) is 15.8. The van der Waals surface area contributed by atoms with E-state index in [-0.39, 0.29) is 0 Å². The normalized spacial score (nSPS) is 23.6. The number of hydrogen-bond acceptors (Lipinski definition) is 5. The van der Waals surface area contributed by atoms with Crippen LogP contribution in [-0.2, 0) is 4.74 Å². The zero-order chi connectivity index (χ0) is 19.5. The van der Waals surface area contributed by atoms with Crippen molar-refractivity contribution in [3.63, 3.8) is 0 Å². The maximum atomic E-state index is 10.7. The molecule has 0 radical (unpaired) electrons. The Morgan fingerprint density at radius 3 is 2.48 bits per heavy atom. The van der Waals surface area contributed by atoms with Crippen LogP contribution < -0.4 is 10.6 Å². The maximum absolute atomic E-state index is 10.7. The summed E-state index contributed by atoms with van der Waals surface area (Å²) in [4.78, 5) is 9.47. The third-order valence-electron chi connectivity index (χ3n) is 5.23. The molecule has 2 unspecified atom stereocenters. The zero-order valence-electron chi connectivity index (χ0n) is 17.7. The van der Waals surface area contributed by atoms with Gasteiger partial charge in [0.15, 0.2) is 5.96 Å². The summed E-state index contributed by atoms with van der Waals surface area (Å²) in [5.74, 6) is 1.37. The van der Waals surface area contributed by atoms with Crippen molar-refractivity contribution < 1.29 is 9.84 Å². The van der Waals surface area contributed by atoms with E-state index < -0.39 is 5.60 Å². The molecule has 0 spiro atoms. The predicted octanol–water partition coefficient (Wildman–Crippen LogP) is 0.747. The number of hydrogen-bond donors (Lipinski definition) is 3. The second-order valence-electron chi connectivity index (χ2n) is 8.43. The molecule has 2 aliphatic rings. The highest BCUT2D eigenvalue weighted by Crippen LogP contribution is 2.11. The number of morpholine rings is 1. The molecule has 27 heavy (non-hydrogen) atoms. The smallest absolute Gasteiger partial charge is 0.191 e. The number of ether oxygens (including phenoxy) is 1. The summed E-state index contributed by atoms with van der Waals surface area (Å²) >= 11 is 0. The third kappa shape index (κ3) is 9.23. The van der Waals surface area contributed by atoms with Gasteiger partial charge in [-0.05, 0) is 45.7 Å². The van der Waals surface area contributed by atoms with E-state index in [1.54, 1.807) is 0 Å². The molecule has 2 saturated heterocycles. The van der Waals surface area contributed by atoms with Crippen LogP contribution in [-0.4, -0.2) is 98.6 Å². The van der Waals surface area contributed by atoms with Crippen molar-refractivity contribution >= 4 is 5.96 Å². The maximum Gasteiger partial charge on any atom is 0.191 e. The lowest BCUT2D eigenvalue weighted by Crippen LogP contribution is -2.48. The molecule has 2 atom stereocenters. The van der Waals surface area contributed by atoms with Gasteiger partial charge in [-0.2, -0.15) is 0 Å². The van der Waals surface area contributed by atoms with Crippen molar-refractivity contribution in [2.75, 3.05) is 72.1 Å². The van der Waals surface area contributed by atoms with Gasteiger partial charge in [0.25, 0.3) is 0 Å². The lowest BCUT2D eigenvalue weighted by Gasteiger charge is -2.33. The van der Waals surface area contributed by atoms with E-state index in [1.165, 1.54) is 32.4 Å². The number of piperidine rings is 1. The average Bonchev–Trinajstić information content (AvgIpc) is 2.65. The Morgan fingerprint density at radius 2 is 1.81 bits per heavy atom. The van der Waals surface area contributed by atoms with Crippen LogP contribution >= 0.6 is 0 Å². The van der Waals surface area contributed by atoms with Crippen molar-refractivity contribution in [1.82, 2.24) is 20.4 Å². The van der Waals surface area contributed by atoms with Gasteiger partial charge in [-0.3, -0.25) is 9.89 Å². The molecule has 7 nitrogen and oxygen atoms in total. The predicted molar refractivity (Wildman–Crippen MR) is 111 cm³/mol. The van der Waals surface area contributed by atoms with Crippen LogP contribution in [0.2, 0.25) is 0 Å². The molecule has 0 aliphatic carbocycles. The molecule has 0 aromatic heterocycles. The topological polar surface area (TPSA) is 72.4 Å². The summed E-state index contributed by atoms with van der Waals surface area (Å²) in [5, 5.41) is 17.5. The Morgan fingerprint density at radius 1 is 1.11 bits per heavy atom. The second kappa shape index (κ2) is 11.8. The van der Waals surface area contributed by atoms with E-state index in [4.69, 9.17) is 4.74 Å². The molecule has 0 saturated carbocycles. The van der Waals surface area contributed by atoms with Gasteiger partial charge >= 0.3 is 0 Å². The first-order valence-electron chi connectivity index (χ1n) is 10.8. The minimum absolute atomic E-state index is 0.389. The van der Waals surface area contributed by atoms with Crippen molar-refractivity contribution in [2.45, 2.75) is 45.6 Å². The lowest BCUT2D eigenvalue weighted by atomic mass is 10.1. The van der Waals surface area contributed by atoms with Gasteiger partial charge in [-0.1, -0.05) is 13.3 Å². The molecule has 0 aromatic rings. The molecule has 158 valence electrons. The molecular formula is C20H41N5O2. The van der Waals surface area contributed by atoms with Gasteiger partial charge in [0.1, 0.15) is 0 Å². The van der Waals surface area contributed by atoms with E-state index in [0.29, 0.717) is 19.0 Å². The highest BCUT2D eigenvalue weighted by molar-refractivity contribution is 5.79. The monoisotopic (exact) mass is 383 g/mol. The molecule has 0 bridgehead atoms. The van der Waals surface area contributed by atoms with Crippen LogP contribution in [0.5, 0.6) is 0 Å². The van der Waals surface area contributed by atoms with Crippen molar-refractivity contribution in [1.29, 1.82) is 0 Å².